The smallest absolute Gasteiger partial charge is 0.228 e. The Labute approximate surface area is 198 Å². The second-order valence-electron chi connectivity index (χ2n) is 9.11. The molecule has 0 unspecified atom stereocenters. The molecule has 0 bridgehead atoms. The molecule has 0 aliphatic heterocycles. The van der Waals surface area contributed by atoms with Crippen molar-refractivity contribution < 1.29 is 18.6 Å². The van der Waals surface area contributed by atoms with Gasteiger partial charge < -0.3 is 23.2 Å². The van der Waals surface area contributed by atoms with Crippen LogP contribution in [0.25, 0.3) is 33.3 Å². The molecule has 0 saturated carbocycles. The van der Waals surface area contributed by atoms with Gasteiger partial charge in [0.05, 0.1) is 12.0 Å². The van der Waals surface area contributed by atoms with Crippen LogP contribution < -0.4 is 4.74 Å². The van der Waals surface area contributed by atoms with Crippen LogP contribution in [0.4, 0.5) is 0 Å². The maximum atomic E-state index is 6.26. The van der Waals surface area contributed by atoms with Crippen molar-refractivity contribution in [3.63, 3.8) is 0 Å². The van der Waals surface area contributed by atoms with Crippen molar-refractivity contribution >= 4 is 41.8 Å². The van der Waals surface area contributed by atoms with Gasteiger partial charge in [-0.15, -0.1) is 0 Å². The van der Waals surface area contributed by atoms with E-state index in [0.717, 1.165) is 28.1 Å². The van der Waals surface area contributed by atoms with Gasteiger partial charge in [0.1, 0.15) is 18.9 Å². The van der Waals surface area contributed by atoms with E-state index in [-0.39, 0.29) is 5.28 Å². The van der Waals surface area contributed by atoms with E-state index in [2.05, 4.69) is 34.6 Å². The Balaban J connectivity index is 1.77. The summed E-state index contributed by atoms with van der Waals surface area (Å²) in [7, 11) is 0.439. The molecule has 0 aliphatic rings. The number of halogens is 1. The Kier molecular flexibility index (Phi) is 7.04. The number of benzene rings is 1. The highest BCUT2D eigenvalue weighted by atomic mass is 35.5. The van der Waals surface area contributed by atoms with Crippen molar-refractivity contribution in [2.75, 3.05) is 26.9 Å². The predicted octanol–water partition coefficient (Wildman–Crippen LogP) is 5.54. The second-order valence-corrected chi connectivity index (χ2v) is 15.1. The third kappa shape index (κ3) is 5.55. The summed E-state index contributed by atoms with van der Waals surface area (Å²) in [6, 6.07) is 7.00. The minimum Gasteiger partial charge on any atom is -0.475 e. The Morgan fingerprint density at radius 1 is 1.09 bits per heavy atom. The molecule has 0 N–H and O–H groups in total. The van der Waals surface area contributed by atoms with Crippen LogP contribution in [0.15, 0.2) is 28.8 Å². The summed E-state index contributed by atoms with van der Waals surface area (Å²) >= 11 is 6.26. The lowest BCUT2D eigenvalue weighted by Gasteiger charge is -2.15. The van der Waals surface area contributed by atoms with Crippen LogP contribution in [0.5, 0.6) is 5.88 Å². The Hall–Kier alpha value is -2.46. The number of rotatable bonds is 10. The van der Waals surface area contributed by atoms with E-state index in [9.17, 15) is 0 Å². The van der Waals surface area contributed by atoms with E-state index in [1.165, 1.54) is 0 Å². The van der Waals surface area contributed by atoms with Gasteiger partial charge in [0.25, 0.3) is 0 Å². The van der Waals surface area contributed by atoms with Crippen molar-refractivity contribution in [1.29, 1.82) is 0 Å². The van der Waals surface area contributed by atoms with Crippen LogP contribution in [0, 0.1) is 6.92 Å². The minimum absolute atomic E-state index is 0.115. The number of methoxy groups -OCH3 is 1. The Bertz CT molecular complexity index is 1270. The maximum Gasteiger partial charge on any atom is 0.228 e. The number of aryl methyl sites for hydroxylation is 1. The second kappa shape index (κ2) is 9.80. The highest BCUT2D eigenvalue weighted by molar-refractivity contribution is 6.76. The molecule has 4 rings (SSSR count). The molecular formula is C23H29ClN4O4Si. The van der Waals surface area contributed by atoms with E-state index in [0.29, 0.717) is 49.6 Å². The van der Waals surface area contributed by atoms with Gasteiger partial charge in [-0.05, 0) is 35.3 Å². The molecule has 0 aliphatic carbocycles. The zero-order chi connectivity index (χ0) is 23.6. The number of hydrogen-bond acceptors (Lipinski definition) is 7. The van der Waals surface area contributed by atoms with E-state index in [4.69, 9.17) is 30.2 Å². The van der Waals surface area contributed by atoms with Crippen LogP contribution in [0.3, 0.4) is 0 Å². The van der Waals surface area contributed by atoms with Gasteiger partial charge in [-0.2, -0.15) is 9.97 Å². The molecule has 0 fully saturated rings. The summed E-state index contributed by atoms with van der Waals surface area (Å²) in [5, 5.41) is 0.879. The van der Waals surface area contributed by atoms with Gasteiger partial charge >= 0.3 is 0 Å². The van der Waals surface area contributed by atoms with Crippen molar-refractivity contribution in [1.82, 2.24) is 19.5 Å². The fourth-order valence-electron chi connectivity index (χ4n) is 3.52. The van der Waals surface area contributed by atoms with E-state index >= 15 is 0 Å². The van der Waals surface area contributed by atoms with Gasteiger partial charge in [-0.1, -0.05) is 25.7 Å². The Morgan fingerprint density at radius 2 is 1.91 bits per heavy atom. The van der Waals surface area contributed by atoms with Crippen LogP contribution in [-0.4, -0.2) is 54.5 Å². The molecule has 4 aromatic rings. The molecule has 0 amide bonds. The van der Waals surface area contributed by atoms with Crippen LogP contribution >= 0.6 is 11.6 Å². The van der Waals surface area contributed by atoms with Gasteiger partial charge in [-0.25, -0.2) is 4.98 Å². The molecule has 3 aromatic heterocycles. The minimum atomic E-state index is -1.19. The molecule has 0 radical (unpaired) electrons. The summed E-state index contributed by atoms with van der Waals surface area (Å²) in [5.41, 5.74) is 4.02. The van der Waals surface area contributed by atoms with E-state index < -0.39 is 8.07 Å². The highest BCUT2D eigenvalue weighted by Gasteiger charge is 2.20. The zero-order valence-electron chi connectivity index (χ0n) is 19.6. The molecule has 0 atom stereocenters. The first-order valence-electron chi connectivity index (χ1n) is 10.9. The maximum absolute atomic E-state index is 6.26. The fraction of sp³-hybridized carbons (Fsp3) is 0.435. The van der Waals surface area contributed by atoms with Crippen molar-refractivity contribution in [2.24, 2.45) is 0 Å². The summed E-state index contributed by atoms with van der Waals surface area (Å²) < 4.78 is 24.8. The molecule has 176 valence electrons. The van der Waals surface area contributed by atoms with Gasteiger partial charge in [0, 0.05) is 40.5 Å². The number of nitrogens with zero attached hydrogens (tertiary/aromatic N) is 4. The summed E-state index contributed by atoms with van der Waals surface area (Å²) in [6.45, 7) is 10.7. The number of aromatic nitrogens is 4. The first kappa shape index (κ1) is 23.7. The first-order chi connectivity index (χ1) is 15.7. The van der Waals surface area contributed by atoms with Crippen molar-refractivity contribution in [3.8, 4) is 17.0 Å². The van der Waals surface area contributed by atoms with Gasteiger partial charge in [0.15, 0.2) is 17.1 Å². The summed E-state index contributed by atoms with van der Waals surface area (Å²) in [4.78, 5) is 13.3. The van der Waals surface area contributed by atoms with Crippen LogP contribution in [0.2, 0.25) is 31.0 Å². The fourth-order valence-corrected chi connectivity index (χ4v) is 4.43. The van der Waals surface area contributed by atoms with Crippen LogP contribution in [0.1, 0.15) is 5.89 Å². The van der Waals surface area contributed by atoms with E-state index in [1.54, 1.807) is 7.11 Å². The van der Waals surface area contributed by atoms with Gasteiger partial charge in [0.2, 0.25) is 11.2 Å². The lowest BCUT2D eigenvalue weighted by molar-refractivity contribution is 0.0899. The topological polar surface area (TPSA) is 84.4 Å². The molecule has 33 heavy (non-hydrogen) atoms. The number of hydrogen-bond donors (Lipinski definition) is 0. The monoisotopic (exact) mass is 488 g/mol. The average Bonchev–Trinajstić information content (AvgIpc) is 3.29. The molecule has 10 heteroatoms. The van der Waals surface area contributed by atoms with Crippen LogP contribution in [-0.2, 0) is 16.2 Å². The Morgan fingerprint density at radius 3 is 2.67 bits per heavy atom. The zero-order valence-corrected chi connectivity index (χ0v) is 21.4. The third-order valence-corrected chi connectivity index (χ3v) is 7.09. The lowest BCUT2D eigenvalue weighted by atomic mass is 10.1. The number of fused-ring (bicyclic) bond motifs is 2. The third-order valence-electron chi connectivity index (χ3n) is 5.22. The largest absolute Gasteiger partial charge is 0.475 e. The average molecular weight is 489 g/mol. The number of ether oxygens (including phenoxy) is 3. The normalized spacial score (nSPS) is 12.2. The van der Waals surface area contributed by atoms with Crippen molar-refractivity contribution in [3.05, 3.63) is 35.6 Å². The predicted molar refractivity (Wildman–Crippen MR) is 132 cm³/mol. The standard InChI is InChI=1S/C23H29ClN4O4Si/c1-15-25-18-7-6-16(12-19(18)32-15)17-13-28(14-30-10-11-33(3,4)5)21-20(17)22(27-23(24)26-21)31-9-8-29-2/h6-7,12-13H,8-11,14H2,1-5H3. The first-order valence-corrected chi connectivity index (χ1v) is 15.0. The lowest BCUT2D eigenvalue weighted by Crippen LogP contribution is -2.22. The quantitative estimate of drug-likeness (QED) is 0.164. The van der Waals surface area contributed by atoms with Crippen molar-refractivity contribution in [2.45, 2.75) is 39.3 Å². The number of oxazole rings is 1. The molecule has 3 heterocycles. The van der Waals surface area contributed by atoms with E-state index in [1.807, 2.05) is 35.9 Å². The molecule has 0 saturated heterocycles. The molecule has 8 nitrogen and oxygen atoms in total. The molecule has 1 aromatic carbocycles. The SMILES string of the molecule is COCCOc1nc(Cl)nc2c1c(-c1ccc3nc(C)oc3c1)cn2COCC[Si](C)(C)C. The summed E-state index contributed by atoms with van der Waals surface area (Å²) in [6.07, 6.45) is 2.00. The summed E-state index contributed by atoms with van der Waals surface area (Å²) in [5.74, 6) is 1.03. The highest BCUT2D eigenvalue weighted by Crippen LogP contribution is 2.37. The molecular weight excluding hydrogens is 460 g/mol. The molecule has 0 spiro atoms. The van der Waals surface area contributed by atoms with Gasteiger partial charge in [-0.3, -0.25) is 0 Å².